The van der Waals surface area contributed by atoms with Gasteiger partial charge in [-0.3, -0.25) is 0 Å². The van der Waals surface area contributed by atoms with Gasteiger partial charge in [0.1, 0.15) is 0 Å². The Morgan fingerprint density at radius 1 is 0.500 bits per heavy atom. The predicted molar refractivity (Wildman–Crippen MR) is 0 cm³/mol. The molecular weight excluding hydrogens is 616 g/mol. The molecule has 10 heavy (non-hydrogen) atoms. The van der Waals surface area contributed by atoms with Crippen molar-refractivity contribution in [3.63, 3.8) is 0 Å². The Kier molecular flexibility index (Phi) is 92.6. The number of hydrogen-bond acceptors (Lipinski definition) is 6. The van der Waals surface area contributed by atoms with Crippen molar-refractivity contribution in [3.8, 4) is 0 Å². The van der Waals surface area contributed by atoms with Crippen LogP contribution < -0.4 is 86.7 Å². The molecule has 0 aromatic heterocycles. The van der Waals surface area contributed by atoms with E-state index in [9.17, 15) is 0 Å². The van der Waals surface area contributed by atoms with E-state index in [1.165, 1.54) is 0 Å². The largest absolute Gasteiger partial charge is 3.00 e. The van der Waals surface area contributed by atoms with Gasteiger partial charge in [-0.1, -0.05) is 0 Å². The Hall–Kier alpha value is 3.14. The minimum absolute atomic E-state index is 0. The smallest absolute Gasteiger partial charge is 0.599 e. The Morgan fingerprint density at radius 2 is 0.500 bits per heavy atom. The minimum atomic E-state index is -1.91. The van der Waals surface area contributed by atoms with Gasteiger partial charge >= 0.3 is 35.6 Å². The van der Waals surface area contributed by atoms with E-state index in [1.54, 1.807) is 0 Å². The molecule has 0 aliphatic rings. The molecule has 0 aliphatic carbocycles. The molecule has 0 bridgehead atoms. The second-order valence-electron chi connectivity index (χ2n) is 0.189. The first-order valence-electron chi connectivity index (χ1n) is 0.926. The van der Waals surface area contributed by atoms with Gasteiger partial charge in [0.2, 0.25) is 0 Å². The summed E-state index contributed by atoms with van der Waals surface area (Å²) in [5.74, 6) is 0. The molecule has 0 saturated carbocycles. The molecule has 0 saturated heterocycles. The Bertz CT molecular complexity index is 17.7. The summed E-state index contributed by atoms with van der Waals surface area (Å²) < 4.78 is 50.9. The average molecular weight is 616 g/mol. The summed E-state index contributed by atoms with van der Waals surface area (Å²) in [5.41, 5.74) is 0. The second kappa shape index (κ2) is 40.0. The van der Waals surface area contributed by atoms with Crippen molar-refractivity contribution < 1.29 is 122 Å². The maximum Gasteiger partial charge on any atom is 3.00 e. The molecule has 0 aromatic rings. The molecule has 0 aromatic carbocycles. The summed E-state index contributed by atoms with van der Waals surface area (Å²) in [5, 5.41) is 0. The number of rotatable bonds is 0. The fraction of sp³-hybridized carbons (Fsp3) is 0. The van der Waals surface area contributed by atoms with Crippen LogP contribution in [-0.2, 0) is 0 Å². The van der Waals surface area contributed by atoms with Crippen molar-refractivity contribution in [2.75, 3.05) is 0 Å². The molecule has 6 nitrogen and oxygen atoms in total. The van der Waals surface area contributed by atoms with Gasteiger partial charge in [0.25, 0.3) is 0 Å². The van der Waals surface area contributed by atoms with Crippen molar-refractivity contribution in [1.29, 1.82) is 0 Å². The zero-order valence-corrected chi connectivity index (χ0v) is 14.3. The molecule has 0 aliphatic heterocycles. The van der Waals surface area contributed by atoms with Crippen LogP contribution in [0.15, 0.2) is 0 Å². The maximum absolute atomic E-state index is 8.48. The van der Waals surface area contributed by atoms with E-state index in [4.69, 9.17) is 20.6 Å². The van der Waals surface area contributed by atoms with E-state index in [-0.39, 0.29) is 35.6 Å². The molecule has 0 unspecified atom stereocenters. The molecule has 0 N–H and O–H groups in total. The number of halogens is 3. The molecule has 0 rings (SSSR count). The first-order valence-corrected chi connectivity index (χ1v) is 6.21. The molecule has 0 amide bonds. The third kappa shape index (κ3) is 116. The van der Waals surface area contributed by atoms with E-state index < -0.39 is 66.1 Å². The molecule has 10 heteroatoms. The summed E-state index contributed by atoms with van der Waals surface area (Å²) in [6, 6.07) is 0. The average Bonchev–Trinajstić information content (AvgIpc) is 1.70. The summed E-state index contributed by atoms with van der Waals surface area (Å²) in [7, 11) is 0. The van der Waals surface area contributed by atoms with Crippen LogP contribution in [0.25, 0.3) is 0 Å². The van der Waals surface area contributed by atoms with Crippen molar-refractivity contribution >= 4 is 0 Å². The molecule has 0 heterocycles. The number of hydrogen-bond donors (Lipinski definition) is 0. The molecule has 60 valence electrons. The van der Waals surface area contributed by atoms with Crippen molar-refractivity contribution in [3.05, 3.63) is 0 Å². The first kappa shape index (κ1) is 23.2. The summed E-state index contributed by atoms with van der Waals surface area (Å²) in [6.07, 6.45) is 0. The van der Waals surface area contributed by atoms with Gasteiger partial charge in [-0.05, 0) is 0 Å². The van der Waals surface area contributed by atoms with E-state index in [0.29, 0.717) is 0 Å². The third-order valence-corrected chi connectivity index (χ3v) is 0. The topological polar surface area (TPSA) is 138 Å². The first-order chi connectivity index (χ1) is 4.24. The SMILES string of the molecule is [La+3].[O-][I+][O-].[O-][I+][O-].[O-][I+][O-]. The Balaban J connectivity index is -0.0000000257. The molecule has 0 fully saturated rings. The van der Waals surface area contributed by atoms with Crippen LogP contribution in [0.5, 0.6) is 0 Å². The van der Waals surface area contributed by atoms with Gasteiger partial charge in [-0.2, -0.15) is 0 Å². The van der Waals surface area contributed by atoms with Gasteiger partial charge in [-0.15, -0.1) is 0 Å². The second-order valence-corrected chi connectivity index (χ2v) is 1.27. The predicted octanol–water partition coefficient (Wildman–Crippen LogP) is -16.1. The molecular formula is I3LaO6. The molecule has 0 radical (unpaired) electrons. The summed E-state index contributed by atoms with van der Waals surface area (Å²) >= 11 is -5.73. The van der Waals surface area contributed by atoms with Crippen molar-refractivity contribution in [2.45, 2.75) is 0 Å². The van der Waals surface area contributed by atoms with E-state index in [1.807, 2.05) is 0 Å². The van der Waals surface area contributed by atoms with Gasteiger partial charge in [-0.25, -0.2) is 0 Å². The molecule has 0 atom stereocenters. The Morgan fingerprint density at radius 3 is 0.500 bits per heavy atom. The van der Waals surface area contributed by atoms with Crippen LogP contribution >= 0.6 is 0 Å². The Labute approximate surface area is 120 Å². The van der Waals surface area contributed by atoms with Gasteiger partial charge in [0.15, 0.2) is 66.1 Å². The van der Waals surface area contributed by atoms with Gasteiger partial charge in [0.05, 0.1) is 0 Å². The fourth-order valence-electron chi connectivity index (χ4n) is 0. The monoisotopic (exact) mass is 616 g/mol. The normalized spacial score (nSPS) is 5.40. The van der Waals surface area contributed by atoms with E-state index >= 15 is 0 Å². The van der Waals surface area contributed by atoms with Crippen LogP contribution in [0.2, 0.25) is 0 Å². The fourth-order valence-corrected chi connectivity index (χ4v) is 0. The van der Waals surface area contributed by atoms with Crippen LogP contribution in [-0.4, -0.2) is 0 Å². The van der Waals surface area contributed by atoms with Crippen LogP contribution in [0, 0.1) is 35.6 Å². The van der Waals surface area contributed by atoms with Gasteiger partial charge in [0, 0.05) is 0 Å². The van der Waals surface area contributed by atoms with E-state index in [2.05, 4.69) is 0 Å². The maximum atomic E-state index is 8.48. The van der Waals surface area contributed by atoms with Crippen molar-refractivity contribution in [1.82, 2.24) is 0 Å². The summed E-state index contributed by atoms with van der Waals surface area (Å²) in [4.78, 5) is 0. The standard InChI is InChI=1S/3IO2.La/c3*2-1-3;/q3*-1;+3. The summed E-state index contributed by atoms with van der Waals surface area (Å²) in [6.45, 7) is 0. The molecule has 0 spiro atoms. The zero-order chi connectivity index (χ0) is 8.12. The zero-order valence-electron chi connectivity index (χ0n) is 4.16. The quantitative estimate of drug-likeness (QED) is 0.248. The van der Waals surface area contributed by atoms with Crippen LogP contribution in [0.4, 0.5) is 0 Å². The third-order valence-electron chi connectivity index (χ3n) is 0. The van der Waals surface area contributed by atoms with Crippen molar-refractivity contribution in [2.24, 2.45) is 0 Å². The van der Waals surface area contributed by atoms with E-state index in [0.717, 1.165) is 0 Å². The minimum Gasteiger partial charge on any atom is -0.599 e. The van der Waals surface area contributed by atoms with Crippen LogP contribution in [0.3, 0.4) is 0 Å². The van der Waals surface area contributed by atoms with Gasteiger partial charge < -0.3 is 20.6 Å². The van der Waals surface area contributed by atoms with Crippen LogP contribution in [0.1, 0.15) is 0 Å².